The molecule has 0 saturated heterocycles. The summed E-state index contributed by atoms with van der Waals surface area (Å²) in [4.78, 5) is 30.5. The number of aryl methyl sites for hydroxylation is 1. The van der Waals surface area contributed by atoms with E-state index in [1.807, 2.05) is 42.5 Å². The van der Waals surface area contributed by atoms with Gasteiger partial charge in [-0.1, -0.05) is 30.3 Å². The molecule has 0 N–H and O–H groups in total. The molecule has 0 saturated carbocycles. The summed E-state index contributed by atoms with van der Waals surface area (Å²) >= 11 is 0. The Bertz CT molecular complexity index is 1200. The van der Waals surface area contributed by atoms with E-state index < -0.39 is 0 Å². The molecule has 7 nitrogen and oxygen atoms in total. The monoisotopic (exact) mass is 364 g/mol. The highest BCUT2D eigenvalue weighted by Crippen LogP contribution is 2.15. The first-order valence-corrected chi connectivity index (χ1v) is 8.85. The van der Waals surface area contributed by atoms with Crippen LogP contribution < -0.4 is 11.2 Å². The highest BCUT2D eigenvalue weighted by Gasteiger charge is 2.20. The van der Waals surface area contributed by atoms with Crippen LogP contribution in [0.1, 0.15) is 24.1 Å². The lowest BCUT2D eigenvalue weighted by molar-refractivity contribution is 0.515. The smallest absolute Gasteiger partial charge is 0.333 e. The van der Waals surface area contributed by atoms with Crippen LogP contribution in [-0.2, 0) is 26.6 Å². The van der Waals surface area contributed by atoms with E-state index in [2.05, 4.69) is 4.98 Å². The number of furan rings is 1. The largest absolute Gasteiger partial charge is 0.469 e. The van der Waals surface area contributed by atoms with Gasteiger partial charge in [-0.3, -0.25) is 13.9 Å². The summed E-state index contributed by atoms with van der Waals surface area (Å²) in [6, 6.07) is 13.4. The van der Waals surface area contributed by atoms with Crippen LogP contribution in [0, 0.1) is 0 Å². The van der Waals surface area contributed by atoms with E-state index in [4.69, 9.17) is 4.42 Å². The van der Waals surface area contributed by atoms with Crippen molar-refractivity contribution in [1.29, 1.82) is 0 Å². The molecule has 0 aliphatic heterocycles. The van der Waals surface area contributed by atoms with E-state index in [-0.39, 0.29) is 11.2 Å². The lowest BCUT2D eigenvalue weighted by atomic mass is 10.2. The number of benzene rings is 1. The molecule has 27 heavy (non-hydrogen) atoms. The summed E-state index contributed by atoms with van der Waals surface area (Å²) in [5.41, 5.74) is 1.14. The summed E-state index contributed by atoms with van der Waals surface area (Å²) in [5.74, 6) is 1.42. The quantitative estimate of drug-likeness (QED) is 0.544. The first-order chi connectivity index (χ1) is 13.1. The fourth-order valence-electron chi connectivity index (χ4n) is 3.32. The second kappa shape index (κ2) is 6.75. The molecule has 0 unspecified atom stereocenters. The molecule has 0 aliphatic carbocycles. The van der Waals surface area contributed by atoms with Crippen molar-refractivity contribution in [2.75, 3.05) is 0 Å². The van der Waals surface area contributed by atoms with Crippen LogP contribution in [0.4, 0.5) is 0 Å². The average Bonchev–Trinajstić information content (AvgIpc) is 3.29. The van der Waals surface area contributed by atoms with Crippen molar-refractivity contribution in [2.24, 2.45) is 7.05 Å². The molecule has 0 radical (unpaired) electrons. The Kier molecular flexibility index (Phi) is 4.27. The van der Waals surface area contributed by atoms with Gasteiger partial charge in [0.2, 0.25) is 0 Å². The van der Waals surface area contributed by atoms with Crippen LogP contribution in [0.5, 0.6) is 0 Å². The van der Waals surface area contributed by atoms with Crippen LogP contribution in [0.15, 0.2) is 62.7 Å². The van der Waals surface area contributed by atoms with E-state index in [9.17, 15) is 9.59 Å². The van der Waals surface area contributed by atoms with E-state index >= 15 is 0 Å². The van der Waals surface area contributed by atoms with Gasteiger partial charge in [0.05, 0.1) is 19.2 Å². The highest BCUT2D eigenvalue weighted by atomic mass is 16.3. The highest BCUT2D eigenvalue weighted by molar-refractivity contribution is 5.71. The third-order valence-corrected chi connectivity index (χ3v) is 4.75. The van der Waals surface area contributed by atoms with Crippen molar-refractivity contribution in [3.8, 4) is 0 Å². The Balaban J connectivity index is 1.95. The summed E-state index contributed by atoms with van der Waals surface area (Å²) in [5, 5.41) is 0. The molecule has 0 bridgehead atoms. The molecular formula is C20H20N4O3. The van der Waals surface area contributed by atoms with E-state index in [0.29, 0.717) is 36.5 Å². The summed E-state index contributed by atoms with van der Waals surface area (Å²) in [7, 11) is 1.80. The standard InChI is InChI=1S/C20H20N4O3/c1-3-23-19(25)17-18(21-16(22(17)2)12-15-10-7-11-27-15)24(20(23)26)13-14-8-5-4-6-9-14/h4-11H,3,12-13H2,1-2H3. The molecule has 0 atom stereocenters. The zero-order valence-corrected chi connectivity index (χ0v) is 15.3. The van der Waals surface area contributed by atoms with Gasteiger partial charge in [-0.25, -0.2) is 9.78 Å². The van der Waals surface area contributed by atoms with E-state index in [1.54, 1.807) is 29.4 Å². The number of imidazole rings is 1. The van der Waals surface area contributed by atoms with Crippen molar-refractivity contribution >= 4 is 11.2 Å². The maximum Gasteiger partial charge on any atom is 0.333 e. The van der Waals surface area contributed by atoms with Crippen LogP contribution in [0.2, 0.25) is 0 Å². The maximum absolute atomic E-state index is 12.9. The SMILES string of the molecule is CCn1c(=O)c2c(nc(Cc3ccco3)n2C)n(Cc2ccccc2)c1=O. The minimum absolute atomic E-state index is 0.307. The molecule has 0 fully saturated rings. The van der Waals surface area contributed by atoms with E-state index in [1.165, 1.54) is 4.57 Å². The molecule has 4 aromatic rings. The Hall–Kier alpha value is -3.35. The van der Waals surface area contributed by atoms with Crippen LogP contribution in [0.3, 0.4) is 0 Å². The predicted octanol–water partition coefficient (Wildman–Crippen LogP) is 2.15. The fourth-order valence-corrected chi connectivity index (χ4v) is 3.32. The molecule has 7 heteroatoms. The Morgan fingerprint density at radius 3 is 2.48 bits per heavy atom. The number of aromatic nitrogens is 4. The van der Waals surface area contributed by atoms with Gasteiger partial charge in [0.1, 0.15) is 11.6 Å². The van der Waals surface area contributed by atoms with Crippen molar-refractivity contribution in [1.82, 2.24) is 18.7 Å². The fraction of sp³-hybridized carbons (Fsp3) is 0.250. The molecule has 4 rings (SSSR count). The minimum atomic E-state index is -0.346. The summed E-state index contributed by atoms with van der Waals surface area (Å²) in [6.45, 7) is 2.45. The third kappa shape index (κ3) is 2.91. The van der Waals surface area contributed by atoms with Crippen LogP contribution in [-0.4, -0.2) is 18.7 Å². The van der Waals surface area contributed by atoms with Crippen molar-refractivity contribution < 1.29 is 4.42 Å². The first-order valence-electron chi connectivity index (χ1n) is 8.85. The molecular weight excluding hydrogens is 344 g/mol. The van der Waals surface area contributed by atoms with E-state index in [0.717, 1.165) is 11.3 Å². The second-order valence-corrected chi connectivity index (χ2v) is 6.42. The Morgan fingerprint density at radius 2 is 1.81 bits per heavy atom. The van der Waals surface area contributed by atoms with Crippen molar-refractivity contribution in [3.05, 3.63) is 86.7 Å². The Morgan fingerprint density at radius 1 is 1.04 bits per heavy atom. The van der Waals surface area contributed by atoms with Gasteiger partial charge in [0, 0.05) is 13.6 Å². The Labute approximate surface area is 155 Å². The number of nitrogens with zero attached hydrogens (tertiary/aromatic N) is 4. The minimum Gasteiger partial charge on any atom is -0.469 e. The number of hydrogen-bond acceptors (Lipinski definition) is 4. The molecule has 1 aromatic carbocycles. The lowest BCUT2D eigenvalue weighted by Crippen LogP contribution is -2.40. The van der Waals surface area contributed by atoms with Gasteiger partial charge in [-0.15, -0.1) is 0 Å². The molecule has 3 heterocycles. The maximum atomic E-state index is 12.9. The van der Waals surface area contributed by atoms with Crippen molar-refractivity contribution in [2.45, 2.75) is 26.4 Å². The number of fused-ring (bicyclic) bond motifs is 1. The predicted molar refractivity (Wildman–Crippen MR) is 102 cm³/mol. The first kappa shape index (κ1) is 17.1. The molecule has 138 valence electrons. The van der Waals surface area contributed by atoms with Crippen molar-refractivity contribution in [3.63, 3.8) is 0 Å². The van der Waals surface area contributed by atoms with Gasteiger partial charge in [-0.05, 0) is 24.6 Å². The molecule has 0 spiro atoms. The topological polar surface area (TPSA) is 75.0 Å². The molecule has 0 aliphatic rings. The van der Waals surface area contributed by atoms with Gasteiger partial charge in [-0.2, -0.15) is 0 Å². The summed E-state index contributed by atoms with van der Waals surface area (Å²) in [6.07, 6.45) is 2.05. The number of hydrogen-bond donors (Lipinski definition) is 0. The molecule has 3 aromatic heterocycles. The van der Waals surface area contributed by atoms with Gasteiger partial charge < -0.3 is 8.98 Å². The average molecular weight is 364 g/mol. The summed E-state index contributed by atoms with van der Waals surface area (Å²) < 4.78 is 9.99. The number of rotatable bonds is 5. The van der Waals surface area contributed by atoms with Gasteiger partial charge >= 0.3 is 5.69 Å². The van der Waals surface area contributed by atoms with Crippen LogP contribution in [0.25, 0.3) is 11.2 Å². The zero-order chi connectivity index (χ0) is 19.0. The zero-order valence-electron chi connectivity index (χ0n) is 15.3. The molecule has 0 amide bonds. The van der Waals surface area contributed by atoms with Gasteiger partial charge in [0.15, 0.2) is 11.2 Å². The van der Waals surface area contributed by atoms with Gasteiger partial charge in [0.25, 0.3) is 5.56 Å². The van der Waals surface area contributed by atoms with Crippen LogP contribution >= 0.6 is 0 Å². The third-order valence-electron chi connectivity index (χ3n) is 4.75. The normalized spacial score (nSPS) is 11.3. The lowest BCUT2D eigenvalue weighted by Gasteiger charge is -2.10. The second-order valence-electron chi connectivity index (χ2n) is 6.42.